The molecule has 29 heteroatoms. The number of hydrogen-bond acceptors (Lipinski definition) is 21. The summed E-state index contributed by atoms with van der Waals surface area (Å²) in [6, 6.07) is 54.8. The van der Waals surface area contributed by atoms with Crippen LogP contribution >= 0.6 is 0 Å². The minimum atomic E-state index is -1.34. The molecule has 6 heterocycles. The second-order valence-electron chi connectivity index (χ2n) is 31.4. The van der Waals surface area contributed by atoms with Gasteiger partial charge in [0, 0.05) is 85.2 Å². The predicted octanol–water partition coefficient (Wildman–Crippen LogP) is 12.5. The largest absolute Gasteiger partial charge is 0.620 e. The van der Waals surface area contributed by atoms with E-state index in [-0.39, 0.29) is 88.9 Å². The van der Waals surface area contributed by atoms with E-state index in [1.54, 1.807) is 18.2 Å². The third-order valence-electron chi connectivity index (χ3n) is 21.0. The molecule has 0 bridgehead atoms. The van der Waals surface area contributed by atoms with E-state index in [4.69, 9.17) is 27.9 Å². The Bertz CT molecular complexity index is 5540. The van der Waals surface area contributed by atoms with Gasteiger partial charge in [0.1, 0.15) is 46.4 Å². The fourth-order valence-corrected chi connectivity index (χ4v) is 15.4. The van der Waals surface area contributed by atoms with E-state index in [0.29, 0.717) is 58.9 Å². The molecule has 26 nitrogen and oxygen atoms in total. The molecule has 3 aliphatic rings. The van der Waals surface area contributed by atoms with Crippen molar-refractivity contribution in [1.29, 1.82) is 0 Å². The first kappa shape index (κ1) is 83.5. The minimum Gasteiger partial charge on any atom is -0.524 e. The van der Waals surface area contributed by atoms with Crippen LogP contribution in [0, 0.1) is 17.8 Å². The predicted molar refractivity (Wildman–Crippen MR) is 456 cm³/mol. The Morgan fingerprint density at radius 1 is 0.355 bits per heavy atom. The molecule has 121 heavy (non-hydrogen) atoms. The van der Waals surface area contributed by atoms with E-state index in [9.17, 15) is 43.2 Å². The highest BCUT2D eigenvalue weighted by Gasteiger charge is 2.48. The summed E-state index contributed by atoms with van der Waals surface area (Å²) in [5.74, 6) is -6.01. The Morgan fingerprint density at radius 3 is 1.13 bits per heavy atom. The van der Waals surface area contributed by atoms with E-state index in [0.717, 1.165) is 38.2 Å². The number of carbonyl (C=O) groups is 9. The van der Waals surface area contributed by atoms with Crippen molar-refractivity contribution in [2.75, 3.05) is 0 Å². The second-order valence-corrected chi connectivity index (χ2v) is 31.4. The number of hydrogen-bond donors (Lipinski definition) is 5. The van der Waals surface area contributed by atoms with Gasteiger partial charge in [-0.15, -0.1) is 0 Å². The van der Waals surface area contributed by atoms with E-state index < -0.39 is 105 Å². The molecule has 0 aliphatic carbocycles. The number of carbonyl (C=O) groups excluding carboxylic acids is 9. The third-order valence-corrected chi connectivity index (χ3v) is 21.0. The van der Waals surface area contributed by atoms with Gasteiger partial charge in [-0.05, 0) is 105 Å². The molecule has 0 unspecified atom stereocenters. The van der Waals surface area contributed by atoms with Crippen LogP contribution < -0.4 is 40.5 Å². The lowest BCUT2D eigenvalue weighted by Gasteiger charge is -2.33. The molecule has 0 radical (unpaired) electrons. The summed E-state index contributed by atoms with van der Waals surface area (Å²) in [7, 11) is -3.61. The number of aromatic nitrogens is 6. The number of nitrogens with zero attached hydrogens (tertiary/aromatic N) is 6. The Hall–Kier alpha value is -14.0. The molecular weight excluding hydrogens is 1530 g/mol. The molecular formula is C92H88B3N11O15. The van der Waals surface area contributed by atoms with Crippen LogP contribution in [0.4, 0.5) is 0 Å². The quantitative estimate of drug-likeness (QED) is 0.0261. The summed E-state index contributed by atoms with van der Waals surface area (Å²) < 4.78 is 38.1. The first-order valence-electron chi connectivity index (χ1n) is 40.3. The Morgan fingerprint density at radius 2 is 0.719 bits per heavy atom. The summed E-state index contributed by atoms with van der Waals surface area (Å²) in [4.78, 5) is 149. The van der Waals surface area contributed by atoms with E-state index >= 15 is 0 Å². The maximum Gasteiger partial charge on any atom is 0.620 e. The number of Topliss-reactive ketones (excluding diaryl/α,β-unsaturated/α-hetero) is 1. The Labute approximate surface area is 699 Å². The summed E-state index contributed by atoms with van der Waals surface area (Å²) in [5.41, 5.74) is 4.47. The normalized spacial score (nSPS) is 14.3. The summed E-state index contributed by atoms with van der Waals surface area (Å²) in [5, 5.41) is 19.3. The summed E-state index contributed by atoms with van der Waals surface area (Å²) >= 11 is 0. The van der Waals surface area contributed by atoms with Crippen molar-refractivity contribution < 1.29 is 71.1 Å². The molecule has 610 valence electrons. The second kappa shape index (κ2) is 38.6. The molecule has 12 aromatic rings. The third kappa shape index (κ3) is 20.6. The molecule has 0 spiro atoms. The summed E-state index contributed by atoms with van der Waals surface area (Å²) in [6.07, 6.45) is 14.4. The Balaban J connectivity index is 0.000000250. The molecule has 0 fully saturated rings. The van der Waals surface area contributed by atoms with Crippen molar-refractivity contribution in [2.45, 2.75) is 129 Å². The molecule has 3 aliphatic heterocycles. The average Bonchev–Trinajstić information content (AvgIpc) is 0.739. The van der Waals surface area contributed by atoms with Crippen molar-refractivity contribution in [3.63, 3.8) is 0 Å². The van der Waals surface area contributed by atoms with Gasteiger partial charge in [-0.25, -0.2) is 29.3 Å². The van der Waals surface area contributed by atoms with E-state index in [1.165, 1.54) is 55.8 Å². The SMILES string of the molecule is CC(C)C[C@H](CC(=O)[C@H](Cc1ccccc1)NC(=O)c1cnccn1)B1OC(=O)c2ccc3ccccc3c2O1.CC(C)C[C@H](NC(=O)[C@H](Cc1ccccc1)NC(=O)c1cnccn1)B1OC(=O)c2cc3ccccc3c(Cc3c4c(cc5ccccc35)C(=O)OB([C@H](CC(C)C)NC(=O)[C@H](Cc3ccccc3)NC(=O)c3cnccn3)O4)c2O1. The highest BCUT2D eigenvalue weighted by atomic mass is 16.6. The van der Waals surface area contributed by atoms with E-state index in [2.05, 4.69) is 56.5 Å². The first-order chi connectivity index (χ1) is 58.6. The molecule has 9 aromatic carbocycles. The summed E-state index contributed by atoms with van der Waals surface area (Å²) in [6.45, 7) is 12.0. The lowest BCUT2D eigenvalue weighted by molar-refractivity contribution is -0.124. The smallest absolute Gasteiger partial charge is 0.524 e. The van der Waals surface area contributed by atoms with Crippen molar-refractivity contribution in [3.05, 3.63) is 305 Å². The van der Waals surface area contributed by atoms with Crippen molar-refractivity contribution in [3.8, 4) is 17.2 Å². The molecule has 0 saturated carbocycles. The van der Waals surface area contributed by atoms with Crippen LogP contribution in [0.1, 0.15) is 158 Å². The fraction of sp³-hybridized carbons (Fsp3) is 0.250. The lowest BCUT2D eigenvalue weighted by atomic mass is 9.64. The van der Waals surface area contributed by atoms with Crippen molar-refractivity contribution in [1.82, 2.24) is 56.5 Å². The van der Waals surface area contributed by atoms with Gasteiger partial charge in [0.25, 0.3) is 17.7 Å². The molecule has 5 N–H and O–H groups in total. The van der Waals surface area contributed by atoms with Crippen LogP contribution in [0.3, 0.4) is 0 Å². The van der Waals surface area contributed by atoms with Gasteiger partial charge in [0.05, 0.1) is 53.2 Å². The van der Waals surface area contributed by atoms with Gasteiger partial charge in [0.2, 0.25) is 11.8 Å². The lowest BCUT2D eigenvalue weighted by Crippen LogP contribution is -2.58. The molecule has 6 atom stereocenters. The first-order valence-corrected chi connectivity index (χ1v) is 40.3. The maximum absolute atomic E-state index is 14.6. The topological polar surface area (TPSA) is 346 Å². The molecule has 0 saturated heterocycles. The van der Waals surface area contributed by atoms with Crippen LogP contribution in [0.25, 0.3) is 32.3 Å². The number of ketones is 1. The zero-order valence-corrected chi connectivity index (χ0v) is 67.5. The zero-order chi connectivity index (χ0) is 84.6. The van der Waals surface area contributed by atoms with Gasteiger partial charge in [-0.3, -0.25) is 43.7 Å². The van der Waals surface area contributed by atoms with E-state index in [1.807, 2.05) is 211 Å². The number of nitrogens with one attached hydrogen (secondary N) is 5. The maximum atomic E-state index is 14.6. The Kier molecular flexibility index (Phi) is 26.7. The minimum absolute atomic E-state index is 0.0286. The number of fused-ring (bicyclic) bond motifs is 7. The average molecular weight is 1620 g/mol. The molecule has 5 amide bonds. The number of benzene rings is 9. The van der Waals surface area contributed by atoms with Gasteiger partial charge >= 0.3 is 39.3 Å². The van der Waals surface area contributed by atoms with Gasteiger partial charge in [-0.2, -0.15) is 0 Å². The van der Waals surface area contributed by atoms with Crippen LogP contribution in [-0.2, 0) is 54.0 Å². The van der Waals surface area contributed by atoms with Crippen LogP contribution in [0.15, 0.2) is 244 Å². The van der Waals surface area contributed by atoms with Crippen LogP contribution in [0.5, 0.6) is 17.2 Å². The zero-order valence-electron chi connectivity index (χ0n) is 67.5. The van der Waals surface area contributed by atoms with Gasteiger partial charge in [0.15, 0.2) is 5.78 Å². The highest BCUT2D eigenvalue weighted by molar-refractivity contribution is 6.53. The molecule has 3 aromatic heterocycles. The highest BCUT2D eigenvalue weighted by Crippen LogP contribution is 2.44. The van der Waals surface area contributed by atoms with Gasteiger partial charge < -0.3 is 54.5 Å². The number of amides is 5. The van der Waals surface area contributed by atoms with Crippen molar-refractivity contribution >= 4 is 107 Å². The molecule has 15 rings (SSSR count). The van der Waals surface area contributed by atoms with Crippen molar-refractivity contribution in [2.24, 2.45) is 17.8 Å². The monoisotopic (exact) mass is 1620 g/mol. The standard InChI is InChI=1S/C61H58B2N8O10.C31H30BN3O5/c1-36(2)27-52(70-56(72)48(29-38-15-7-5-8-16-38)68-58(74)50-34-64-23-25-66-50)62-78-54-44(42-21-13-11-19-40(42)31-46(54)60(76)80-62)33-45-43-22-14-12-20-41(43)32-47-55(45)79-63(81-61(47)77)53(28-37(3)4)71-57(73)49(30-39-17-9-6-10-18-39)69-59(75)51-35-65-24-26-67-51;1-20(2)16-23(32-39-29-24-11-7-6-10-22(24)12-13-25(29)31(38)40-32)18-28(36)26(17-21-8-4-3-5-9-21)35-30(37)27-19-33-14-15-34-27/h5-26,31-32,34-37,48-49,52-53H,27-30,33H2,1-4H3,(H,68,74)(H,69,75)(H,70,72)(H,71,73);3-15,19-20,23,26H,16-18H2,1-2H3,(H,35,37)/t48-,49-,52-,53-;23-,26+/m01/s1. The van der Waals surface area contributed by atoms with Crippen LogP contribution in [-0.4, -0.2) is 134 Å². The van der Waals surface area contributed by atoms with Gasteiger partial charge in [-0.1, -0.05) is 211 Å². The van der Waals surface area contributed by atoms with Crippen LogP contribution in [0.2, 0.25) is 5.82 Å². The number of rotatable bonds is 30. The fourth-order valence-electron chi connectivity index (χ4n) is 15.4.